The highest BCUT2D eigenvalue weighted by atomic mass is 19.1. The second-order valence-electron chi connectivity index (χ2n) is 8.93. The Hall–Kier alpha value is -3.84. The largest absolute Gasteiger partial charge is 0.489 e. The molecule has 1 aromatic heterocycles. The molecule has 3 aromatic carbocycles. The van der Waals surface area contributed by atoms with Crippen molar-refractivity contribution in [3.8, 4) is 5.75 Å². The topological polar surface area (TPSA) is 60.6 Å². The molecular formula is C28H29FN4O2. The Kier molecular flexibility index (Phi) is 6.42. The molecule has 4 aromatic rings. The molecular weight excluding hydrogens is 443 g/mol. The number of carbonyl (C=O) groups is 1. The first-order valence-corrected chi connectivity index (χ1v) is 11.8. The average Bonchev–Trinajstić information content (AvgIpc) is 3.54. The van der Waals surface area contributed by atoms with Crippen molar-refractivity contribution >= 4 is 28.2 Å². The number of H-pyrrole nitrogens is 1. The summed E-state index contributed by atoms with van der Waals surface area (Å²) in [6.07, 6.45) is 0.982. The van der Waals surface area contributed by atoms with Gasteiger partial charge in [0.1, 0.15) is 23.9 Å². The Morgan fingerprint density at radius 2 is 1.97 bits per heavy atom. The van der Waals surface area contributed by atoms with Gasteiger partial charge in [-0.1, -0.05) is 30.3 Å². The predicted molar refractivity (Wildman–Crippen MR) is 138 cm³/mol. The number of amides is 1. The highest BCUT2D eigenvalue weighted by Crippen LogP contribution is 2.29. The first-order valence-electron chi connectivity index (χ1n) is 11.8. The van der Waals surface area contributed by atoms with Crippen molar-refractivity contribution in [2.75, 3.05) is 37.0 Å². The summed E-state index contributed by atoms with van der Waals surface area (Å²) in [6, 6.07) is 22.8. The molecule has 1 aliphatic rings. The zero-order valence-electron chi connectivity index (χ0n) is 19.9. The van der Waals surface area contributed by atoms with Crippen LogP contribution in [0.2, 0.25) is 0 Å². The molecule has 0 spiro atoms. The molecule has 180 valence electrons. The number of fused-ring (bicyclic) bond motifs is 1. The van der Waals surface area contributed by atoms with E-state index in [4.69, 9.17) is 4.74 Å². The summed E-state index contributed by atoms with van der Waals surface area (Å²) in [5.41, 5.74) is 3.43. The van der Waals surface area contributed by atoms with Crippen LogP contribution in [0.3, 0.4) is 0 Å². The zero-order valence-corrected chi connectivity index (χ0v) is 19.9. The lowest BCUT2D eigenvalue weighted by atomic mass is 10.2. The van der Waals surface area contributed by atoms with Crippen molar-refractivity contribution in [2.45, 2.75) is 19.1 Å². The molecule has 6 nitrogen and oxygen atoms in total. The molecule has 1 unspecified atom stereocenters. The van der Waals surface area contributed by atoms with Crippen molar-refractivity contribution < 1.29 is 13.9 Å². The van der Waals surface area contributed by atoms with Gasteiger partial charge in [0.15, 0.2) is 0 Å². The van der Waals surface area contributed by atoms with E-state index in [1.807, 2.05) is 60.5 Å². The summed E-state index contributed by atoms with van der Waals surface area (Å²) >= 11 is 0. The standard InChI is InChI=1S/C28H29FN4O2/c1-30-21-12-13-33(17-21)27-11-8-22(16-24(27)29)32(2)28(34)26-15-20-14-23(9-10-25(20)31-26)35-18-19-6-4-3-5-7-19/h3-11,14-16,21,30-31H,12-13,17-18H2,1-2H3. The lowest BCUT2D eigenvalue weighted by Gasteiger charge is -2.22. The van der Waals surface area contributed by atoms with Crippen molar-refractivity contribution in [2.24, 2.45) is 0 Å². The SMILES string of the molecule is CNC1CCN(c2ccc(N(C)C(=O)c3cc4cc(OCc5ccccc5)ccc4[nH]3)cc2F)C1. The number of benzene rings is 3. The summed E-state index contributed by atoms with van der Waals surface area (Å²) in [5.74, 6) is 0.167. The minimum absolute atomic E-state index is 0.239. The molecule has 0 aliphatic carbocycles. The molecule has 0 radical (unpaired) electrons. The van der Waals surface area contributed by atoms with E-state index in [-0.39, 0.29) is 11.7 Å². The average molecular weight is 473 g/mol. The normalized spacial score (nSPS) is 15.5. The molecule has 0 bridgehead atoms. The van der Waals surface area contributed by atoms with Crippen molar-refractivity contribution in [3.05, 3.63) is 89.9 Å². The van der Waals surface area contributed by atoms with Crippen molar-refractivity contribution in [3.63, 3.8) is 0 Å². The Balaban J connectivity index is 1.29. The second-order valence-corrected chi connectivity index (χ2v) is 8.93. The maximum atomic E-state index is 14.9. The molecule has 2 N–H and O–H groups in total. The van der Waals surface area contributed by atoms with Gasteiger partial charge in [0, 0.05) is 42.8 Å². The van der Waals surface area contributed by atoms with Gasteiger partial charge in [-0.15, -0.1) is 0 Å². The number of nitrogens with one attached hydrogen (secondary N) is 2. The summed E-state index contributed by atoms with van der Waals surface area (Å²) < 4.78 is 20.9. The van der Waals surface area contributed by atoms with Crippen LogP contribution < -0.4 is 19.9 Å². The van der Waals surface area contributed by atoms with E-state index >= 15 is 0 Å². The van der Waals surface area contributed by atoms with Gasteiger partial charge in [0.05, 0.1) is 5.69 Å². The number of ether oxygens (including phenoxy) is 1. The number of aromatic amines is 1. The molecule has 1 amide bonds. The van der Waals surface area contributed by atoms with Gasteiger partial charge in [-0.25, -0.2) is 4.39 Å². The number of anilines is 2. The number of carbonyl (C=O) groups excluding carboxylic acids is 1. The van der Waals surface area contributed by atoms with Crippen LogP contribution in [0.5, 0.6) is 5.75 Å². The third-order valence-electron chi connectivity index (χ3n) is 6.63. The quantitative estimate of drug-likeness (QED) is 0.399. The van der Waals surface area contributed by atoms with Crippen LogP contribution in [0.15, 0.2) is 72.8 Å². The van der Waals surface area contributed by atoms with Crippen LogP contribution in [-0.2, 0) is 6.61 Å². The maximum Gasteiger partial charge on any atom is 0.274 e. The van der Waals surface area contributed by atoms with E-state index in [9.17, 15) is 9.18 Å². The smallest absolute Gasteiger partial charge is 0.274 e. The third kappa shape index (κ3) is 4.86. The fraction of sp³-hybridized carbons (Fsp3) is 0.250. The van der Waals surface area contributed by atoms with Gasteiger partial charge in [-0.05, 0) is 61.5 Å². The number of rotatable bonds is 7. The third-order valence-corrected chi connectivity index (χ3v) is 6.63. The Morgan fingerprint density at radius 1 is 1.14 bits per heavy atom. The summed E-state index contributed by atoms with van der Waals surface area (Å²) in [5, 5.41) is 4.12. The van der Waals surface area contributed by atoms with Crippen LogP contribution in [-0.4, -0.2) is 44.1 Å². The summed E-state index contributed by atoms with van der Waals surface area (Å²) in [4.78, 5) is 19.8. The van der Waals surface area contributed by atoms with Gasteiger partial charge in [0.2, 0.25) is 0 Å². The second kappa shape index (κ2) is 9.80. The Labute approximate surface area is 204 Å². The van der Waals surface area contributed by atoms with E-state index < -0.39 is 0 Å². The fourth-order valence-electron chi connectivity index (χ4n) is 4.53. The van der Waals surface area contributed by atoms with Gasteiger partial charge >= 0.3 is 0 Å². The number of hydrogen-bond donors (Lipinski definition) is 2. The molecule has 0 saturated carbocycles. The zero-order chi connectivity index (χ0) is 24.4. The summed E-state index contributed by atoms with van der Waals surface area (Å²) in [6.45, 7) is 2.05. The number of likely N-dealkylation sites (N-methyl/N-ethyl adjacent to an activating group) is 1. The molecule has 2 heterocycles. The number of nitrogens with zero attached hydrogens (tertiary/aromatic N) is 2. The minimum Gasteiger partial charge on any atom is -0.489 e. The van der Waals surface area contributed by atoms with E-state index in [1.54, 1.807) is 25.2 Å². The van der Waals surface area contributed by atoms with Gasteiger partial charge in [0.25, 0.3) is 5.91 Å². The van der Waals surface area contributed by atoms with Crippen molar-refractivity contribution in [1.82, 2.24) is 10.3 Å². The van der Waals surface area contributed by atoms with E-state index in [2.05, 4.69) is 10.3 Å². The number of aromatic nitrogens is 1. The maximum absolute atomic E-state index is 14.9. The molecule has 1 saturated heterocycles. The molecule has 35 heavy (non-hydrogen) atoms. The molecule has 5 rings (SSSR count). The lowest BCUT2D eigenvalue weighted by Crippen LogP contribution is -2.30. The van der Waals surface area contributed by atoms with Crippen LogP contribution in [0.4, 0.5) is 15.8 Å². The molecule has 7 heteroatoms. The fourth-order valence-corrected chi connectivity index (χ4v) is 4.53. The van der Waals surface area contributed by atoms with E-state index in [1.165, 1.54) is 11.0 Å². The van der Waals surface area contributed by atoms with Gasteiger partial charge in [-0.3, -0.25) is 4.79 Å². The van der Waals surface area contributed by atoms with E-state index in [0.29, 0.717) is 29.7 Å². The lowest BCUT2D eigenvalue weighted by molar-refractivity contribution is 0.0989. The van der Waals surface area contributed by atoms with Crippen LogP contribution in [0.1, 0.15) is 22.5 Å². The highest BCUT2D eigenvalue weighted by molar-refractivity contribution is 6.07. The number of halogens is 1. The Bertz CT molecular complexity index is 1340. The first kappa shape index (κ1) is 22.9. The highest BCUT2D eigenvalue weighted by Gasteiger charge is 2.24. The minimum atomic E-state index is -0.323. The number of hydrogen-bond acceptors (Lipinski definition) is 4. The molecule has 1 aliphatic heterocycles. The molecule has 1 atom stereocenters. The van der Waals surface area contributed by atoms with Crippen LogP contribution in [0.25, 0.3) is 10.9 Å². The van der Waals surface area contributed by atoms with Crippen molar-refractivity contribution in [1.29, 1.82) is 0 Å². The monoisotopic (exact) mass is 472 g/mol. The van der Waals surface area contributed by atoms with Crippen LogP contribution >= 0.6 is 0 Å². The van der Waals surface area contributed by atoms with Crippen LogP contribution in [0, 0.1) is 5.82 Å². The molecule has 1 fully saturated rings. The van der Waals surface area contributed by atoms with Gasteiger partial charge in [-0.2, -0.15) is 0 Å². The summed E-state index contributed by atoms with van der Waals surface area (Å²) in [7, 11) is 3.58. The Morgan fingerprint density at radius 3 is 2.71 bits per heavy atom. The predicted octanol–water partition coefficient (Wildman–Crippen LogP) is 4.96. The van der Waals surface area contributed by atoms with Gasteiger partial charge < -0.3 is 24.8 Å². The van der Waals surface area contributed by atoms with E-state index in [0.717, 1.165) is 41.7 Å². The first-order chi connectivity index (χ1) is 17.0.